The van der Waals surface area contributed by atoms with Crippen LogP contribution in [0.1, 0.15) is 23.6 Å². The fraction of sp³-hybridized carbons (Fsp3) is 0.333. The molecule has 148 valence electrons. The SMILES string of the molecule is Nc1cc(-c2cc3n(c(=O)c2)C[C@H]2C[C@@H]3CN(Cc3cccnc3N)C2)ncn1. The summed E-state index contributed by atoms with van der Waals surface area (Å²) < 4.78 is 1.93. The number of nitrogens with zero attached hydrogens (tertiary/aromatic N) is 5. The van der Waals surface area contributed by atoms with Crippen molar-refractivity contribution in [2.45, 2.75) is 25.4 Å². The summed E-state index contributed by atoms with van der Waals surface area (Å²) in [4.78, 5) is 27.7. The van der Waals surface area contributed by atoms with Crippen molar-refractivity contribution in [2.75, 3.05) is 24.6 Å². The number of hydrogen-bond donors (Lipinski definition) is 2. The maximum Gasteiger partial charge on any atom is 0.251 e. The normalized spacial score (nSPS) is 21.0. The Labute approximate surface area is 168 Å². The van der Waals surface area contributed by atoms with E-state index in [9.17, 15) is 4.79 Å². The zero-order valence-electron chi connectivity index (χ0n) is 16.0. The first-order valence-electron chi connectivity index (χ1n) is 9.81. The Morgan fingerprint density at radius 2 is 1.97 bits per heavy atom. The number of hydrogen-bond acceptors (Lipinski definition) is 7. The van der Waals surface area contributed by atoms with Gasteiger partial charge in [0.05, 0.1) is 5.69 Å². The lowest BCUT2D eigenvalue weighted by Crippen LogP contribution is -2.46. The van der Waals surface area contributed by atoms with Crippen LogP contribution in [-0.4, -0.2) is 37.5 Å². The van der Waals surface area contributed by atoms with Gasteiger partial charge >= 0.3 is 0 Å². The number of nitrogen functional groups attached to an aromatic ring is 2. The third-order valence-corrected chi connectivity index (χ3v) is 5.94. The minimum atomic E-state index is 0.0225. The Morgan fingerprint density at radius 1 is 1.07 bits per heavy atom. The van der Waals surface area contributed by atoms with Gasteiger partial charge in [-0.3, -0.25) is 9.69 Å². The smallest absolute Gasteiger partial charge is 0.251 e. The van der Waals surface area contributed by atoms with Gasteiger partial charge in [-0.25, -0.2) is 15.0 Å². The second kappa shape index (κ2) is 6.97. The summed E-state index contributed by atoms with van der Waals surface area (Å²) >= 11 is 0. The molecule has 3 aromatic heterocycles. The highest BCUT2D eigenvalue weighted by Gasteiger charge is 2.35. The van der Waals surface area contributed by atoms with Gasteiger partial charge in [0.15, 0.2) is 0 Å². The van der Waals surface area contributed by atoms with E-state index in [-0.39, 0.29) is 5.56 Å². The lowest BCUT2D eigenvalue weighted by molar-refractivity contribution is 0.114. The van der Waals surface area contributed by atoms with Crippen LogP contribution in [-0.2, 0) is 13.1 Å². The highest BCUT2D eigenvalue weighted by Crippen LogP contribution is 2.37. The molecule has 3 aromatic rings. The number of aromatic nitrogens is 4. The van der Waals surface area contributed by atoms with Gasteiger partial charge < -0.3 is 16.0 Å². The average Bonchev–Trinajstić information content (AvgIpc) is 2.70. The molecule has 8 heteroatoms. The third kappa shape index (κ3) is 3.36. The van der Waals surface area contributed by atoms with Crippen molar-refractivity contribution in [3.05, 3.63) is 64.5 Å². The van der Waals surface area contributed by atoms with E-state index < -0.39 is 0 Å². The molecule has 0 spiro atoms. The minimum Gasteiger partial charge on any atom is -0.384 e. The molecule has 0 saturated carbocycles. The van der Waals surface area contributed by atoms with Gasteiger partial charge in [-0.2, -0.15) is 0 Å². The molecule has 5 heterocycles. The Hall–Kier alpha value is -3.26. The fourth-order valence-corrected chi connectivity index (χ4v) is 4.69. The lowest BCUT2D eigenvalue weighted by Gasteiger charge is -2.43. The summed E-state index contributed by atoms with van der Waals surface area (Å²) in [6.07, 6.45) is 4.24. The van der Waals surface area contributed by atoms with E-state index in [0.717, 1.165) is 49.4 Å². The van der Waals surface area contributed by atoms with E-state index in [0.29, 0.717) is 29.2 Å². The topological polar surface area (TPSA) is 116 Å². The molecule has 1 saturated heterocycles. The second-order valence-corrected chi connectivity index (χ2v) is 7.99. The predicted molar refractivity (Wildman–Crippen MR) is 111 cm³/mol. The number of anilines is 2. The van der Waals surface area contributed by atoms with Crippen LogP contribution < -0.4 is 17.0 Å². The van der Waals surface area contributed by atoms with Crippen molar-refractivity contribution in [3.8, 4) is 11.3 Å². The maximum atomic E-state index is 12.8. The van der Waals surface area contributed by atoms with Crippen molar-refractivity contribution in [1.29, 1.82) is 0 Å². The van der Waals surface area contributed by atoms with E-state index in [1.807, 2.05) is 16.7 Å². The van der Waals surface area contributed by atoms with E-state index in [4.69, 9.17) is 11.5 Å². The summed E-state index contributed by atoms with van der Waals surface area (Å²) in [5.41, 5.74) is 15.5. The zero-order valence-corrected chi connectivity index (χ0v) is 16.0. The molecular weight excluding hydrogens is 366 g/mol. The van der Waals surface area contributed by atoms with Gasteiger partial charge in [-0.15, -0.1) is 0 Å². The molecule has 2 aliphatic heterocycles. The van der Waals surface area contributed by atoms with Gasteiger partial charge in [0.25, 0.3) is 5.56 Å². The predicted octanol–water partition coefficient (Wildman–Crippen LogP) is 1.48. The first kappa shape index (κ1) is 17.8. The molecule has 0 radical (unpaired) electrons. The molecule has 8 nitrogen and oxygen atoms in total. The average molecular weight is 389 g/mol. The monoisotopic (exact) mass is 389 g/mol. The van der Waals surface area contributed by atoms with Crippen LogP contribution in [0.15, 0.2) is 47.7 Å². The van der Waals surface area contributed by atoms with Crippen molar-refractivity contribution in [2.24, 2.45) is 5.92 Å². The summed E-state index contributed by atoms with van der Waals surface area (Å²) in [6, 6.07) is 9.40. The first-order chi connectivity index (χ1) is 14.1. The Bertz CT molecular complexity index is 1130. The standard InChI is InChI=1S/C21H23N7O/c22-19-7-17(25-12-26-19)15-5-18-16-4-13(9-28(18)20(29)6-15)8-27(11-16)10-14-2-1-3-24-21(14)23/h1-3,5-7,12-13,16H,4,8-11H2,(H2,23,24)(H2,22,25,26)/t13-,16+/m0/s1. The molecule has 29 heavy (non-hydrogen) atoms. The summed E-state index contributed by atoms with van der Waals surface area (Å²) in [5.74, 6) is 1.74. The largest absolute Gasteiger partial charge is 0.384 e. The summed E-state index contributed by atoms with van der Waals surface area (Å²) in [7, 11) is 0. The molecule has 0 aliphatic carbocycles. The molecule has 5 rings (SSSR count). The van der Waals surface area contributed by atoms with E-state index >= 15 is 0 Å². The summed E-state index contributed by atoms with van der Waals surface area (Å²) in [5, 5.41) is 0. The van der Waals surface area contributed by atoms with Crippen LogP contribution in [0.4, 0.5) is 11.6 Å². The summed E-state index contributed by atoms with van der Waals surface area (Å²) in [6.45, 7) is 3.37. The van der Waals surface area contributed by atoms with Gasteiger partial charge in [0, 0.05) is 67.2 Å². The van der Waals surface area contributed by atoms with Crippen molar-refractivity contribution < 1.29 is 0 Å². The lowest BCUT2D eigenvalue weighted by atomic mass is 9.82. The molecule has 2 aliphatic rings. The highest BCUT2D eigenvalue weighted by molar-refractivity contribution is 5.61. The van der Waals surface area contributed by atoms with Gasteiger partial charge in [-0.05, 0) is 24.5 Å². The Kier molecular flexibility index (Phi) is 4.28. The number of pyridine rings is 2. The molecule has 2 bridgehead atoms. The second-order valence-electron chi connectivity index (χ2n) is 7.99. The fourth-order valence-electron chi connectivity index (χ4n) is 4.69. The third-order valence-electron chi connectivity index (χ3n) is 5.94. The Balaban J connectivity index is 1.47. The highest BCUT2D eigenvalue weighted by atomic mass is 16.1. The van der Waals surface area contributed by atoms with E-state index in [2.05, 4.69) is 25.9 Å². The Morgan fingerprint density at radius 3 is 2.79 bits per heavy atom. The number of nitrogens with two attached hydrogens (primary N) is 2. The van der Waals surface area contributed by atoms with Gasteiger partial charge in [-0.1, -0.05) is 6.07 Å². The van der Waals surface area contributed by atoms with Crippen LogP contribution in [0.2, 0.25) is 0 Å². The molecular formula is C21H23N7O. The van der Waals surface area contributed by atoms with Gasteiger partial charge in [0.2, 0.25) is 0 Å². The minimum absolute atomic E-state index is 0.0225. The first-order valence-corrected chi connectivity index (χ1v) is 9.81. The number of rotatable bonds is 3. The van der Waals surface area contributed by atoms with Crippen LogP contribution in [0.5, 0.6) is 0 Å². The maximum absolute atomic E-state index is 12.8. The number of fused-ring (bicyclic) bond motifs is 4. The number of likely N-dealkylation sites (tertiary alicyclic amines) is 1. The van der Waals surface area contributed by atoms with Gasteiger partial charge in [0.1, 0.15) is 18.0 Å². The number of piperidine rings is 1. The van der Waals surface area contributed by atoms with E-state index in [1.165, 1.54) is 6.33 Å². The molecule has 1 fully saturated rings. The quantitative estimate of drug-likeness (QED) is 0.697. The van der Waals surface area contributed by atoms with Crippen molar-refractivity contribution in [3.63, 3.8) is 0 Å². The molecule has 0 aromatic carbocycles. The van der Waals surface area contributed by atoms with E-state index in [1.54, 1.807) is 18.3 Å². The van der Waals surface area contributed by atoms with Crippen LogP contribution in [0.3, 0.4) is 0 Å². The van der Waals surface area contributed by atoms with Crippen LogP contribution in [0, 0.1) is 5.92 Å². The van der Waals surface area contributed by atoms with Crippen LogP contribution in [0.25, 0.3) is 11.3 Å². The molecule has 2 atom stereocenters. The molecule has 0 amide bonds. The molecule has 4 N–H and O–H groups in total. The zero-order chi connectivity index (χ0) is 20.0. The van der Waals surface area contributed by atoms with Crippen molar-refractivity contribution in [1.82, 2.24) is 24.4 Å². The molecule has 0 unspecified atom stereocenters. The van der Waals surface area contributed by atoms with Crippen molar-refractivity contribution >= 4 is 11.6 Å². The van der Waals surface area contributed by atoms with Crippen LogP contribution >= 0.6 is 0 Å².